The number of hydrogen-bond donors (Lipinski definition) is 2. The zero-order chi connectivity index (χ0) is 14.0. The molecule has 0 aliphatic carbocycles. The summed E-state index contributed by atoms with van der Waals surface area (Å²) in [7, 11) is -3.73. The first-order chi connectivity index (χ1) is 8.89. The van der Waals surface area contributed by atoms with Crippen molar-refractivity contribution in [2.24, 2.45) is 5.14 Å². The lowest BCUT2D eigenvalue weighted by Crippen LogP contribution is -2.30. The van der Waals surface area contributed by atoms with Crippen LogP contribution in [0, 0.1) is 0 Å². The molecule has 0 fully saturated rings. The molecule has 0 amide bonds. The Kier molecular flexibility index (Phi) is 3.98. The highest BCUT2D eigenvalue weighted by Crippen LogP contribution is 2.35. The molecule has 1 heterocycles. The van der Waals surface area contributed by atoms with E-state index in [9.17, 15) is 8.42 Å². The number of ether oxygens (including phenoxy) is 2. The van der Waals surface area contributed by atoms with Crippen molar-refractivity contribution in [2.45, 2.75) is 32.9 Å². The summed E-state index contributed by atoms with van der Waals surface area (Å²) < 4.78 is 35.3. The van der Waals surface area contributed by atoms with E-state index in [0.717, 1.165) is 17.7 Å². The monoisotopic (exact) mass is 286 g/mol. The fourth-order valence-corrected chi connectivity index (χ4v) is 2.44. The molecule has 1 aromatic rings. The summed E-state index contributed by atoms with van der Waals surface area (Å²) >= 11 is 0. The highest BCUT2D eigenvalue weighted by molar-refractivity contribution is 7.87. The molecule has 0 radical (unpaired) electrons. The second kappa shape index (κ2) is 5.36. The van der Waals surface area contributed by atoms with Crippen LogP contribution in [0.1, 0.15) is 25.0 Å². The van der Waals surface area contributed by atoms with Crippen molar-refractivity contribution < 1.29 is 17.9 Å². The van der Waals surface area contributed by atoms with E-state index in [1.807, 2.05) is 26.0 Å². The average molecular weight is 286 g/mol. The van der Waals surface area contributed by atoms with E-state index in [2.05, 4.69) is 4.72 Å². The summed E-state index contributed by atoms with van der Waals surface area (Å²) in [6, 6.07) is 3.71. The molecule has 1 aliphatic heterocycles. The highest BCUT2D eigenvalue weighted by atomic mass is 32.2. The lowest BCUT2D eigenvalue weighted by molar-refractivity contribution is 0.254. The predicted octanol–water partition coefficient (Wildman–Crippen LogP) is 0.702. The third-order valence-electron chi connectivity index (χ3n) is 2.84. The van der Waals surface area contributed by atoms with Gasteiger partial charge >= 0.3 is 0 Å². The van der Waals surface area contributed by atoms with Crippen LogP contribution >= 0.6 is 0 Å². The lowest BCUT2D eigenvalue weighted by Gasteiger charge is -2.12. The van der Waals surface area contributed by atoms with Crippen LogP contribution in [0.3, 0.4) is 0 Å². The molecular weight excluding hydrogens is 268 g/mol. The maximum absolute atomic E-state index is 11.0. The Morgan fingerprint density at radius 2 is 2.26 bits per heavy atom. The van der Waals surface area contributed by atoms with Crippen molar-refractivity contribution >= 4 is 10.2 Å². The summed E-state index contributed by atoms with van der Waals surface area (Å²) in [4.78, 5) is 0. The number of benzene rings is 1. The molecule has 0 spiro atoms. The number of nitrogens with one attached hydrogen (secondary N) is 1. The van der Waals surface area contributed by atoms with Crippen molar-refractivity contribution in [3.05, 3.63) is 23.3 Å². The normalized spacial score (nSPS) is 17.9. The molecule has 6 nitrogen and oxygen atoms in total. The van der Waals surface area contributed by atoms with Crippen molar-refractivity contribution in [1.29, 1.82) is 0 Å². The maximum atomic E-state index is 11.0. The van der Waals surface area contributed by atoms with Gasteiger partial charge in [-0.15, -0.1) is 0 Å². The van der Waals surface area contributed by atoms with Gasteiger partial charge in [-0.1, -0.05) is 0 Å². The Morgan fingerprint density at radius 1 is 1.53 bits per heavy atom. The van der Waals surface area contributed by atoms with E-state index < -0.39 is 10.2 Å². The van der Waals surface area contributed by atoms with Gasteiger partial charge in [0.25, 0.3) is 10.2 Å². The topological polar surface area (TPSA) is 90.6 Å². The molecule has 0 aromatic heterocycles. The van der Waals surface area contributed by atoms with Crippen LogP contribution in [0.4, 0.5) is 0 Å². The first-order valence-electron chi connectivity index (χ1n) is 6.11. The van der Waals surface area contributed by atoms with Crippen molar-refractivity contribution in [2.75, 3.05) is 6.61 Å². The summed E-state index contributed by atoms with van der Waals surface area (Å²) in [6.07, 6.45) is 0.962. The molecule has 7 heteroatoms. The third kappa shape index (κ3) is 3.59. The number of rotatable bonds is 5. The van der Waals surface area contributed by atoms with Crippen molar-refractivity contribution in [1.82, 2.24) is 4.72 Å². The van der Waals surface area contributed by atoms with E-state index in [4.69, 9.17) is 14.6 Å². The number of nitrogens with two attached hydrogens (primary N) is 1. The van der Waals surface area contributed by atoms with Gasteiger partial charge in [-0.05, 0) is 26.0 Å². The molecule has 1 atom stereocenters. The van der Waals surface area contributed by atoms with Crippen LogP contribution in [0.5, 0.6) is 11.5 Å². The Balaban J connectivity index is 2.28. The Morgan fingerprint density at radius 3 is 2.89 bits per heavy atom. The van der Waals surface area contributed by atoms with E-state index in [1.54, 1.807) is 0 Å². The molecular formula is C12H18N2O4S. The second-order valence-electron chi connectivity index (χ2n) is 4.50. The van der Waals surface area contributed by atoms with Crippen molar-refractivity contribution in [3.8, 4) is 11.5 Å². The molecule has 0 saturated carbocycles. The average Bonchev–Trinajstić information content (AvgIpc) is 2.64. The van der Waals surface area contributed by atoms with E-state index in [-0.39, 0.29) is 12.6 Å². The summed E-state index contributed by atoms with van der Waals surface area (Å²) in [6.45, 7) is 4.46. The molecule has 0 unspecified atom stereocenters. The van der Waals surface area contributed by atoms with E-state index >= 15 is 0 Å². The molecule has 2 rings (SSSR count). The van der Waals surface area contributed by atoms with Gasteiger partial charge in [-0.25, -0.2) is 5.14 Å². The van der Waals surface area contributed by atoms with Gasteiger partial charge in [0, 0.05) is 24.1 Å². The molecule has 106 valence electrons. The van der Waals surface area contributed by atoms with Crippen LogP contribution in [0.2, 0.25) is 0 Å². The minimum atomic E-state index is -3.73. The highest BCUT2D eigenvalue weighted by Gasteiger charge is 2.22. The molecule has 1 aliphatic rings. The van der Waals surface area contributed by atoms with Gasteiger partial charge in [-0.2, -0.15) is 13.1 Å². The Labute approximate surface area is 113 Å². The van der Waals surface area contributed by atoms with Crippen LogP contribution in [0.15, 0.2) is 12.1 Å². The third-order valence-corrected chi connectivity index (χ3v) is 3.39. The molecule has 19 heavy (non-hydrogen) atoms. The Hall–Kier alpha value is -1.31. The first kappa shape index (κ1) is 14.1. The standard InChI is InChI=1S/C12H18N2O4S/c1-3-17-11-5-9-4-8(2)18-12(9)6-10(11)7-14-19(13,15)16/h5-6,8,14H,3-4,7H2,1-2H3,(H2,13,15,16)/t8-/m0/s1. The SMILES string of the molecule is CCOc1cc2c(cc1CNS(N)(=O)=O)O[C@@H](C)C2. The smallest absolute Gasteiger partial charge is 0.274 e. The van der Waals surface area contributed by atoms with Gasteiger partial charge in [0.05, 0.1) is 6.61 Å². The largest absolute Gasteiger partial charge is 0.494 e. The van der Waals surface area contributed by atoms with Gasteiger partial charge in [-0.3, -0.25) is 0 Å². The quantitative estimate of drug-likeness (QED) is 0.833. The fourth-order valence-electron chi connectivity index (χ4n) is 2.09. The van der Waals surface area contributed by atoms with Gasteiger partial charge in [0.2, 0.25) is 0 Å². The number of fused-ring (bicyclic) bond motifs is 1. The maximum Gasteiger partial charge on any atom is 0.274 e. The van der Waals surface area contributed by atoms with Gasteiger partial charge in [0.15, 0.2) is 0 Å². The molecule has 3 N–H and O–H groups in total. The zero-order valence-corrected chi connectivity index (χ0v) is 11.8. The van der Waals surface area contributed by atoms with Crippen LogP contribution in [-0.4, -0.2) is 21.1 Å². The lowest BCUT2D eigenvalue weighted by atomic mass is 10.1. The summed E-state index contributed by atoms with van der Waals surface area (Å²) in [5.41, 5.74) is 1.79. The zero-order valence-electron chi connectivity index (χ0n) is 11.0. The molecule has 0 saturated heterocycles. The van der Waals surface area contributed by atoms with Crippen LogP contribution < -0.4 is 19.3 Å². The summed E-state index contributed by atoms with van der Waals surface area (Å²) in [5.74, 6) is 1.44. The van der Waals surface area contributed by atoms with Crippen LogP contribution in [0.25, 0.3) is 0 Å². The van der Waals surface area contributed by atoms with E-state index in [1.165, 1.54) is 0 Å². The first-order valence-corrected chi connectivity index (χ1v) is 7.66. The fraction of sp³-hybridized carbons (Fsp3) is 0.500. The van der Waals surface area contributed by atoms with Crippen LogP contribution in [-0.2, 0) is 23.2 Å². The van der Waals surface area contributed by atoms with Gasteiger partial charge in [0.1, 0.15) is 17.6 Å². The second-order valence-corrected chi connectivity index (χ2v) is 5.88. The molecule has 0 bridgehead atoms. The number of hydrogen-bond acceptors (Lipinski definition) is 4. The van der Waals surface area contributed by atoms with Crippen molar-refractivity contribution in [3.63, 3.8) is 0 Å². The van der Waals surface area contributed by atoms with Gasteiger partial charge < -0.3 is 9.47 Å². The Bertz CT molecular complexity index is 571. The minimum absolute atomic E-state index is 0.0825. The molecule has 1 aromatic carbocycles. The predicted molar refractivity (Wildman–Crippen MR) is 71.4 cm³/mol. The van der Waals surface area contributed by atoms with E-state index in [0.29, 0.717) is 17.9 Å². The minimum Gasteiger partial charge on any atom is -0.494 e. The summed E-state index contributed by atoms with van der Waals surface area (Å²) in [5, 5.41) is 4.93.